The van der Waals surface area contributed by atoms with E-state index in [9.17, 15) is 4.79 Å². The van der Waals surface area contributed by atoms with Crippen LogP contribution in [0.15, 0.2) is 54.7 Å². The molecule has 0 unspecified atom stereocenters. The molecule has 0 saturated carbocycles. The molecule has 0 saturated heterocycles. The molecule has 0 radical (unpaired) electrons. The molecule has 0 aliphatic heterocycles. The molecular weight excluding hydrogens is 398 g/mol. The van der Waals surface area contributed by atoms with Crippen molar-refractivity contribution >= 4 is 28.7 Å². The fourth-order valence-corrected chi connectivity index (χ4v) is 3.05. The van der Waals surface area contributed by atoms with E-state index in [2.05, 4.69) is 30.9 Å². The summed E-state index contributed by atoms with van der Waals surface area (Å²) in [6.45, 7) is 0.566. The summed E-state index contributed by atoms with van der Waals surface area (Å²) in [5.74, 6) is 0.0734. The molecule has 0 aliphatic rings. The van der Waals surface area contributed by atoms with Gasteiger partial charge in [-0.05, 0) is 35.9 Å². The summed E-state index contributed by atoms with van der Waals surface area (Å²) in [7, 11) is 1.65. The third kappa shape index (κ3) is 4.65. The van der Waals surface area contributed by atoms with Crippen LogP contribution < -0.4 is 10.6 Å². The fraction of sp³-hybridized carbons (Fsp3) is 0.190. The third-order valence-corrected chi connectivity index (χ3v) is 4.44. The first-order chi connectivity index (χ1) is 15.2. The number of carbonyl (C=O) groups excluding carboxylic acids is 1. The first-order valence-corrected chi connectivity index (χ1v) is 9.61. The van der Waals surface area contributed by atoms with Gasteiger partial charge in [0.15, 0.2) is 11.2 Å². The van der Waals surface area contributed by atoms with E-state index in [0.717, 1.165) is 11.3 Å². The standard InChI is InChI=1S/C21H21N7O3/c1-31-13-14-4-2-7-17(10-14)28-19-18(26-27-28)12-23-21(25-19)24-16-6-3-5-15(11-16)20(30)22-8-9-29/h2-7,10-12,29H,8-9,13H2,1H3,(H,22,30)(H,23,24,25). The van der Waals surface area contributed by atoms with E-state index in [4.69, 9.17) is 9.84 Å². The van der Waals surface area contributed by atoms with Crippen LogP contribution in [0.2, 0.25) is 0 Å². The molecule has 4 rings (SSSR count). The Morgan fingerprint density at radius 1 is 1.19 bits per heavy atom. The van der Waals surface area contributed by atoms with Crippen LogP contribution >= 0.6 is 0 Å². The molecular formula is C21H21N7O3. The Kier molecular flexibility index (Phi) is 6.11. The van der Waals surface area contributed by atoms with Crippen molar-refractivity contribution in [2.45, 2.75) is 6.61 Å². The van der Waals surface area contributed by atoms with Crippen LogP contribution in [0.25, 0.3) is 16.9 Å². The van der Waals surface area contributed by atoms with Crippen LogP contribution in [0, 0.1) is 0 Å². The average molecular weight is 419 g/mol. The quantitative estimate of drug-likeness (QED) is 0.395. The SMILES string of the molecule is COCc1cccc(-n2nnc3cnc(Nc4cccc(C(=O)NCCO)c4)nc32)c1. The van der Waals surface area contributed by atoms with Crippen LogP contribution in [0.4, 0.5) is 11.6 Å². The number of anilines is 2. The molecule has 1 amide bonds. The number of fused-ring (bicyclic) bond motifs is 1. The van der Waals surface area contributed by atoms with E-state index in [1.807, 2.05) is 24.3 Å². The Morgan fingerprint density at radius 2 is 2.06 bits per heavy atom. The molecule has 10 nitrogen and oxygen atoms in total. The number of carbonyl (C=O) groups is 1. The number of hydrogen-bond acceptors (Lipinski definition) is 8. The lowest BCUT2D eigenvalue weighted by molar-refractivity contribution is 0.0945. The summed E-state index contributed by atoms with van der Waals surface area (Å²) in [5, 5.41) is 22.9. The van der Waals surface area contributed by atoms with E-state index < -0.39 is 0 Å². The predicted molar refractivity (Wildman–Crippen MR) is 114 cm³/mol. The zero-order valence-corrected chi connectivity index (χ0v) is 16.8. The molecule has 0 atom stereocenters. The maximum Gasteiger partial charge on any atom is 0.251 e. The number of nitrogens with one attached hydrogen (secondary N) is 2. The van der Waals surface area contributed by atoms with Crippen molar-refractivity contribution in [3.05, 3.63) is 65.9 Å². The third-order valence-electron chi connectivity index (χ3n) is 4.44. The second-order valence-corrected chi connectivity index (χ2v) is 6.69. The first kappa shape index (κ1) is 20.4. The molecule has 2 heterocycles. The van der Waals surface area contributed by atoms with E-state index in [0.29, 0.717) is 35.0 Å². The molecule has 3 N–H and O–H groups in total. The predicted octanol–water partition coefficient (Wildman–Crippen LogP) is 1.82. The number of aliphatic hydroxyl groups excluding tert-OH is 1. The summed E-state index contributed by atoms with van der Waals surface area (Å²) in [6.07, 6.45) is 1.59. The van der Waals surface area contributed by atoms with Gasteiger partial charge in [-0.2, -0.15) is 9.67 Å². The second-order valence-electron chi connectivity index (χ2n) is 6.69. The van der Waals surface area contributed by atoms with Gasteiger partial charge in [0, 0.05) is 24.9 Å². The number of methoxy groups -OCH3 is 1. The maximum atomic E-state index is 12.1. The molecule has 31 heavy (non-hydrogen) atoms. The summed E-state index contributed by atoms with van der Waals surface area (Å²) in [4.78, 5) is 21.0. The molecule has 0 spiro atoms. The van der Waals surface area contributed by atoms with Gasteiger partial charge in [0.05, 0.1) is 25.1 Å². The van der Waals surface area contributed by atoms with Gasteiger partial charge in [-0.1, -0.05) is 23.4 Å². The minimum atomic E-state index is -0.271. The van der Waals surface area contributed by atoms with Crippen molar-refractivity contribution in [2.24, 2.45) is 0 Å². The molecule has 0 fully saturated rings. The molecule has 0 aliphatic carbocycles. The van der Waals surface area contributed by atoms with Crippen molar-refractivity contribution in [1.29, 1.82) is 0 Å². The van der Waals surface area contributed by atoms with Crippen molar-refractivity contribution in [3.63, 3.8) is 0 Å². The summed E-state index contributed by atoms with van der Waals surface area (Å²) < 4.78 is 6.84. The van der Waals surface area contributed by atoms with Gasteiger partial charge in [0.25, 0.3) is 5.91 Å². The lowest BCUT2D eigenvalue weighted by Crippen LogP contribution is -2.26. The zero-order chi connectivity index (χ0) is 21.6. The number of amides is 1. The van der Waals surface area contributed by atoms with Crippen molar-refractivity contribution in [1.82, 2.24) is 30.3 Å². The van der Waals surface area contributed by atoms with Crippen molar-refractivity contribution in [2.75, 3.05) is 25.6 Å². The van der Waals surface area contributed by atoms with Gasteiger partial charge >= 0.3 is 0 Å². The smallest absolute Gasteiger partial charge is 0.251 e. The molecule has 4 aromatic rings. The Morgan fingerprint density at radius 3 is 2.90 bits per heavy atom. The monoisotopic (exact) mass is 419 g/mol. The van der Waals surface area contributed by atoms with Crippen LogP contribution in [-0.2, 0) is 11.3 Å². The highest BCUT2D eigenvalue weighted by Gasteiger charge is 2.12. The van der Waals surface area contributed by atoms with Gasteiger partial charge in [-0.25, -0.2) is 4.98 Å². The first-order valence-electron chi connectivity index (χ1n) is 9.61. The van der Waals surface area contributed by atoms with Gasteiger partial charge in [-0.3, -0.25) is 4.79 Å². The van der Waals surface area contributed by atoms with E-state index in [-0.39, 0.29) is 19.1 Å². The lowest BCUT2D eigenvalue weighted by Gasteiger charge is -2.08. The Bertz CT molecular complexity index is 1210. The Balaban J connectivity index is 1.61. The number of ether oxygens (including phenoxy) is 1. The van der Waals surface area contributed by atoms with Gasteiger partial charge in [0.2, 0.25) is 5.95 Å². The highest BCUT2D eigenvalue weighted by atomic mass is 16.5. The Hall–Kier alpha value is -3.89. The minimum absolute atomic E-state index is 0.117. The normalized spacial score (nSPS) is 10.9. The van der Waals surface area contributed by atoms with Crippen LogP contribution in [0.5, 0.6) is 0 Å². The van der Waals surface area contributed by atoms with Crippen LogP contribution in [0.1, 0.15) is 15.9 Å². The summed E-state index contributed by atoms with van der Waals surface area (Å²) in [5.41, 5.74) is 4.03. The van der Waals surface area contributed by atoms with Gasteiger partial charge in [0.1, 0.15) is 0 Å². The molecule has 0 bridgehead atoms. The molecule has 2 aromatic carbocycles. The molecule has 158 valence electrons. The van der Waals surface area contributed by atoms with Crippen LogP contribution in [-0.4, -0.2) is 56.2 Å². The van der Waals surface area contributed by atoms with Crippen molar-refractivity contribution in [3.8, 4) is 5.69 Å². The molecule has 2 aromatic heterocycles. The Labute approximate surface area is 177 Å². The van der Waals surface area contributed by atoms with Gasteiger partial charge < -0.3 is 20.5 Å². The number of nitrogens with zero attached hydrogens (tertiary/aromatic N) is 5. The molecule has 10 heteroatoms. The summed E-state index contributed by atoms with van der Waals surface area (Å²) >= 11 is 0. The minimum Gasteiger partial charge on any atom is -0.395 e. The van der Waals surface area contributed by atoms with E-state index in [1.165, 1.54) is 0 Å². The maximum absolute atomic E-state index is 12.1. The highest BCUT2D eigenvalue weighted by molar-refractivity contribution is 5.95. The van der Waals surface area contributed by atoms with E-state index >= 15 is 0 Å². The van der Waals surface area contributed by atoms with E-state index in [1.54, 1.807) is 42.3 Å². The zero-order valence-electron chi connectivity index (χ0n) is 16.8. The number of benzene rings is 2. The van der Waals surface area contributed by atoms with Gasteiger partial charge in [-0.15, -0.1) is 5.10 Å². The lowest BCUT2D eigenvalue weighted by atomic mass is 10.2. The topological polar surface area (TPSA) is 127 Å². The second kappa shape index (κ2) is 9.28. The largest absolute Gasteiger partial charge is 0.395 e. The van der Waals surface area contributed by atoms with Crippen molar-refractivity contribution < 1.29 is 14.6 Å². The number of aliphatic hydroxyl groups is 1. The number of hydrogen-bond donors (Lipinski definition) is 3. The highest BCUT2D eigenvalue weighted by Crippen LogP contribution is 2.19. The average Bonchev–Trinajstić information content (AvgIpc) is 3.21. The number of aromatic nitrogens is 5. The fourth-order valence-electron chi connectivity index (χ4n) is 3.05. The van der Waals surface area contributed by atoms with Crippen LogP contribution in [0.3, 0.4) is 0 Å². The summed E-state index contributed by atoms with van der Waals surface area (Å²) in [6, 6.07) is 14.7. The number of rotatable bonds is 8.